The number of hydrogen-bond acceptors (Lipinski definition) is 8. The van der Waals surface area contributed by atoms with Gasteiger partial charge in [0.15, 0.2) is 22.4 Å². The van der Waals surface area contributed by atoms with E-state index in [9.17, 15) is 4.79 Å². The maximum Gasteiger partial charge on any atom is 0.229 e. The molecule has 0 aromatic carbocycles. The molecule has 0 spiro atoms. The van der Waals surface area contributed by atoms with Crippen LogP contribution in [0.1, 0.15) is 57.1 Å². The lowest BCUT2D eigenvalue weighted by molar-refractivity contribution is -0.120. The number of amides is 1. The van der Waals surface area contributed by atoms with Gasteiger partial charge in [0.05, 0.1) is 24.4 Å². The SMILES string of the molecule is Cc1csc(NC(=O)C2CCC(n3cnc4c(N)nc(C=COC(C)C)nc43)CC2)n1. The largest absolute Gasteiger partial charge is 0.498 e. The zero-order valence-electron chi connectivity index (χ0n) is 17.9. The quantitative estimate of drug-likeness (QED) is 0.556. The Morgan fingerprint density at radius 1 is 1.29 bits per heavy atom. The van der Waals surface area contributed by atoms with Crippen LogP contribution in [0.2, 0.25) is 0 Å². The third-order valence-electron chi connectivity index (χ3n) is 5.34. The van der Waals surface area contributed by atoms with Crippen molar-refractivity contribution in [3.05, 3.63) is 29.5 Å². The summed E-state index contributed by atoms with van der Waals surface area (Å²) in [6.45, 7) is 5.82. The zero-order chi connectivity index (χ0) is 22.0. The standard InChI is InChI=1S/C21H27N7O2S/c1-12(2)30-9-8-16-25-18(22)17-19(26-16)28(11-23-17)15-6-4-14(5-7-15)20(29)27-21-24-13(3)10-31-21/h8-12,14-15H,4-7H2,1-3H3,(H2,22,25,26)(H,24,27,29). The van der Waals surface area contributed by atoms with Crippen molar-refractivity contribution >= 4 is 45.4 Å². The zero-order valence-corrected chi connectivity index (χ0v) is 18.7. The molecule has 31 heavy (non-hydrogen) atoms. The maximum absolute atomic E-state index is 12.6. The molecule has 0 atom stereocenters. The van der Waals surface area contributed by atoms with Gasteiger partial charge in [0, 0.05) is 23.4 Å². The number of aromatic nitrogens is 5. The molecule has 4 rings (SSSR count). The fourth-order valence-electron chi connectivity index (χ4n) is 3.79. The van der Waals surface area contributed by atoms with Crippen molar-refractivity contribution in [1.29, 1.82) is 0 Å². The van der Waals surface area contributed by atoms with Crippen molar-refractivity contribution in [1.82, 2.24) is 24.5 Å². The first kappa shape index (κ1) is 21.2. The second kappa shape index (κ2) is 9.01. The Labute approximate surface area is 184 Å². The first-order valence-corrected chi connectivity index (χ1v) is 11.3. The van der Waals surface area contributed by atoms with E-state index in [1.807, 2.05) is 26.2 Å². The number of nitrogens with one attached hydrogen (secondary N) is 1. The van der Waals surface area contributed by atoms with Gasteiger partial charge >= 0.3 is 0 Å². The number of nitrogens with two attached hydrogens (primary N) is 1. The van der Waals surface area contributed by atoms with E-state index in [-0.39, 0.29) is 24.0 Å². The van der Waals surface area contributed by atoms with Gasteiger partial charge in [-0.1, -0.05) is 0 Å². The summed E-state index contributed by atoms with van der Waals surface area (Å²) in [6.07, 6.45) is 8.48. The van der Waals surface area contributed by atoms with Crippen LogP contribution < -0.4 is 11.1 Å². The molecule has 1 amide bonds. The van der Waals surface area contributed by atoms with Crippen molar-refractivity contribution in [3.8, 4) is 0 Å². The van der Waals surface area contributed by atoms with Crippen molar-refractivity contribution < 1.29 is 9.53 Å². The van der Waals surface area contributed by atoms with Gasteiger partial charge in [0.25, 0.3) is 0 Å². The Morgan fingerprint density at radius 3 is 2.74 bits per heavy atom. The topological polar surface area (TPSA) is 121 Å². The molecular formula is C21H27N7O2S. The molecule has 10 heteroatoms. The molecule has 0 bridgehead atoms. The second-order valence-electron chi connectivity index (χ2n) is 8.07. The number of nitrogens with zero attached hydrogens (tertiary/aromatic N) is 5. The van der Waals surface area contributed by atoms with Crippen LogP contribution in [0.3, 0.4) is 0 Å². The number of thiazole rings is 1. The molecule has 0 unspecified atom stereocenters. The van der Waals surface area contributed by atoms with Crippen molar-refractivity contribution in [2.24, 2.45) is 5.92 Å². The second-order valence-corrected chi connectivity index (χ2v) is 8.93. The van der Waals surface area contributed by atoms with Gasteiger partial charge in [-0.15, -0.1) is 11.3 Å². The predicted molar refractivity (Wildman–Crippen MR) is 121 cm³/mol. The third-order valence-corrected chi connectivity index (χ3v) is 6.22. The molecule has 3 aromatic rings. The summed E-state index contributed by atoms with van der Waals surface area (Å²) in [5.41, 5.74) is 8.34. The van der Waals surface area contributed by atoms with E-state index in [2.05, 4.69) is 29.8 Å². The Bertz CT molecular complexity index is 1100. The fraction of sp³-hybridized carbons (Fsp3) is 0.476. The third kappa shape index (κ3) is 4.84. The first-order valence-electron chi connectivity index (χ1n) is 10.5. The van der Waals surface area contributed by atoms with Crippen LogP contribution in [0.15, 0.2) is 18.0 Å². The van der Waals surface area contributed by atoms with Crippen LogP contribution >= 0.6 is 11.3 Å². The van der Waals surface area contributed by atoms with Crippen LogP contribution in [-0.2, 0) is 9.53 Å². The van der Waals surface area contributed by atoms with Gasteiger partial charge in [0.1, 0.15) is 5.52 Å². The highest BCUT2D eigenvalue weighted by Crippen LogP contribution is 2.35. The minimum atomic E-state index is -0.0124. The molecule has 0 saturated heterocycles. The number of rotatable bonds is 6. The van der Waals surface area contributed by atoms with E-state index in [1.54, 1.807) is 18.7 Å². The van der Waals surface area contributed by atoms with Gasteiger partial charge in [-0.2, -0.15) is 0 Å². The minimum absolute atomic E-state index is 0.0124. The van der Waals surface area contributed by atoms with Crippen LogP contribution in [0, 0.1) is 12.8 Å². The molecular weight excluding hydrogens is 414 g/mol. The number of nitrogen functional groups attached to an aromatic ring is 1. The van der Waals surface area contributed by atoms with Crippen LogP contribution in [0.4, 0.5) is 10.9 Å². The number of hydrogen-bond donors (Lipinski definition) is 2. The molecule has 164 valence electrons. The van der Waals surface area contributed by atoms with Crippen molar-refractivity contribution in [3.63, 3.8) is 0 Å². The lowest BCUT2D eigenvalue weighted by atomic mass is 9.85. The Balaban J connectivity index is 1.45. The lowest BCUT2D eigenvalue weighted by Gasteiger charge is -2.28. The number of carbonyl (C=O) groups excluding carboxylic acids is 1. The summed E-state index contributed by atoms with van der Waals surface area (Å²) in [6, 6.07) is 0.217. The van der Waals surface area contributed by atoms with Gasteiger partial charge < -0.3 is 20.4 Å². The summed E-state index contributed by atoms with van der Waals surface area (Å²) in [7, 11) is 0. The summed E-state index contributed by atoms with van der Waals surface area (Å²) < 4.78 is 7.50. The number of fused-ring (bicyclic) bond motifs is 1. The first-order chi connectivity index (χ1) is 14.9. The Morgan fingerprint density at radius 2 is 2.06 bits per heavy atom. The van der Waals surface area contributed by atoms with Crippen LogP contribution in [0.5, 0.6) is 0 Å². The summed E-state index contributed by atoms with van der Waals surface area (Å²) in [4.78, 5) is 30.3. The minimum Gasteiger partial charge on any atom is -0.498 e. The normalized spacial score (nSPS) is 19.4. The van der Waals surface area contributed by atoms with Gasteiger partial charge in [-0.05, 0) is 46.5 Å². The van der Waals surface area contributed by atoms with Crippen molar-refractivity contribution in [2.45, 2.75) is 58.6 Å². The van der Waals surface area contributed by atoms with E-state index >= 15 is 0 Å². The number of imidazole rings is 1. The highest BCUT2D eigenvalue weighted by molar-refractivity contribution is 7.13. The smallest absolute Gasteiger partial charge is 0.229 e. The van der Waals surface area contributed by atoms with E-state index in [0.717, 1.165) is 31.4 Å². The molecule has 9 nitrogen and oxygen atoms in total. The average molecular weight is 442 g/mol. The highest BCUT2D eigenvalue weighted by Gasteiger charge is 2.29. The van der Waals surface area contributed by atoms with Gasteiger partial charge in [-0.25, -0.2) is 19.9 Å². The maximum atomic E-state index is 12.6. The number of aryl methyl sites for hydroxylation is 1. The number of carbonyl (C=O) groups is 1. The molecule has 1 aliphatic carbocycles. The molecule has 3 heterocycles. The molecule has 1 aliphatic rings. The van der Waals surface area contributed by atoms with Crippen LogP contribution in [0.25, 0.3) is 17.2 Å². The van der Waals surface area contributed by atoms with Gasteiger partial charge in [-0.3, -0.25) is 4.79 Å². The Hall–Kier alpha value is -3.01. The summed E-state index contributed by atoms with van der Waals surface area (Å²) in [5, 5.41) is 5.55. The predicted octanol–water partition coefficient (Wildman–Crippen LogP) is 3.94. The lowest BCUT2D eigenvalue weighted by Crippen LogP contribution is -2.28. The number of ether oxygens (including phenoxy) is 1. The highest BCUT2D eigenvalue weighted by atomic mass is 32.1. The average Bonchev–Trinajstić information content (AvgIpc) is 3.34. The monoisotopic (exact) mass is 441 g/mol. The molecule has 3 aromatic heterocycles. The van der Waals surface area contributed by atoms with E-state index in [4.69, 9.17) is 10.5 Å². The molecule has 1 saturated carbocycles. The van der Waals surface area contributed by atoms with Crippen molar-refractivity contribution in [2.75, 3.05) is 11.1 Å². The van der Waals surface area contributed by atoms with E-state index < -0.39 is 0 Å². The van der Waals surface area contributed by atoms with E-state index in [1.165, 1.54) is 11.3 Å². The summed E-state index contributed by atoms with van der Waals surface area (Å²) >= 11 is 1.46. The molecule has 0 radical (unpaired) electrons. The summed E-state index contributed by atoms with van der Waals surface area (Å²) in [5.74, 6) is 0.869. The Kier molecular flexibility index (Phi) is 6.17. The van der Waals surface area contributed by atoms with Gasteiger partial charge in [0.2, 0.25) is 5.91 Å². The molecule has 0 aliphatic heterocycles. The molecule has 1 fully saturated rings. The van der Waals surface area contributed by atoms with Crippen LogP contribution in [-0.4, -0.2) is 36.5 Å². The molecule has 3 N–H and O–H groups in total. The number of anilines is 2. The fourth-order valence-corrected chi connectivity index (χ4v) is 4.48. The van der Waals surface area contributed by atoms with E-state index in [0.29, 0.717) is 27.9 Å².